The Kier molecular flexibility index (Phi) is 4.55. The summed E-state index contributed by atoms with van der Waals surface area (Å²) >= 11 is 0. The first-order chi connectivity index (χ1) is 6.76. The number of aromatic nitrogens is 2. The normalized spacial score (nSPS) is 13.1. The number of rotatable bonds is 6. The summed E-state index contributed by atoms with van der Waals surface area (Å²) in [6.07, 6.45) is 2.44. The number of nitrogens with zero attached hydrogens (tertiary/aromatic N) is 2. The van der Waals surface area contributed by atoms with Crippen molar-refractivity contribution in [3.05, 3.63) is 11.7 Å². The molecule has 1 aromatic rings. The van der Waals surface area contributed by atoms with Crippen LogP contribution in [0.25, 0.3) is 0 Å². The maximum Gasteiger partial charge on any atom is 0.228 e. The second kappa shape index (κ2) is 5.72. The molecule has 0 aliphatic carbocycles. The lowest BCUT2D eigenvalue weighted by atomic mass is 10.2. The lowest BCUT2D eigenvalue weighted by Crippen LogP contribution is -2.28. The van der Waals surface area contributed by atoms with Crippen molar-refractivity contribution in [1.29, 1.82) is 0 Å². The van der Waals surface area contributed by atoms with Crippen LogP contribution in [0, 0.1) is 0 Å². The molecule has 5 nitrogen and oxygen atoms in total. The molecule has 1 aromatic heterocycles. The molecule has 0 aromatic carbocycles. The van der Waals surface area contributed by atoms with Gasteiger partial charge in [-0.3, -0.25) is 0 Å². The van der Waals surface area contributed by atoms with E-state index in [0.29, 0.717) is 18.9 Å². The van der Waals surface area contributed by atoms with Crippen molar-refractivity contribution in [1.82, 2.24) is 10.1 Å². The van der Waals surface area contributed by atoms with Crippen LogP contribution in [-0.4, -0.2) is 29.9 Å². The zero-order valence-electron chi connectivity index (χ0n) is 8.69. The molecular weight excluding hydrogens is 182 g/mol. The highest BCUT2D eigenvalue weighted by atomic mass is 16.5. The third kappa shape index (κ3) is 3.43. The second-order valence-corrected chi connectivity index (χ2v) is 3.27. The average Bonchev–Trinajstić information content (AvgIpc) is 2.53. The summed E-state index contributed by atoms with van der Waals surface area (Å²) in [5.41, 5.74) is 5.75. The fourth-order valence-corrected chi connectivity index (χ4v) is 1.20. The zero-order chi connectivity index (χ0) is 10.4. The maximum atomic E-state index is 5.75. The minimum absolute atomic E-state index is 0.0741. The molecule has 5 heteroatoms. The quantitative estimate of drug-likeness (QED) is 0.723. The Labute approximate surface area is 83.6 Å². The van der Waals surface area contributed by atoms with E-state index in [1.54, 1.807) is 7.11 Å². The Morgan fingerprint density at radius 3 is 3.00 bits per heavy atom. The van der Waals surface area contributed by atoms with E-state index in [0.717, 1.165) is 18.7 Å². The first-order valence-corrected chi connectivity index (χ1v) is 4.82. The summed E-state index contributed by atoms with van der Waals surface area (Å²) in [7, 11) is 1.62. The van der Waals surface area contributed by atoms with Crippen molar-refractivity contribution in [3.8, 4) is 0 Å². The van der Waals surface area contributed by atoms with Crippen LogP contribution < -0.4 is 5.73 Å². The molecule has 0 amide bonds. The molecule has 1 unspecified atom stereocenters. The molecular formula is C9H17N3O2. The molecule has 0 aliphatic heterocycles. The molecule has 1 atom stereocenters. The summed E-state index contributed by atoms with van der Waals surface area (Å²) in [4.78, 5) is 4.21. The van der Waals surface area contributed by atoms with Gasteiger partial charge in [0.05, 0.1) is 6.61 Å². The number of hydrogen-bond donors (Lipinski definition) is 1. The molecule has 0 radical (unpaired) electrons. The van der Waals surface area contributed by atoms with Crippen molar-refractivity contribution < 1.29 is 9.26 Å². The molecule has 0 saturated carbocycles. The van der Waals surface area contributed by atoms with E-state index in [1.165, 1.54) is 0 Å². The van der Waals surface area contributed by atoms with E-state index in [2.05, 4.69) is 17.1 Å². The summed E-state index contributed by atoms with van der Waals surface area (Å²) in [6.45, 7) is 2.58. The standard InChI is InChI=1S/C9H17N3O2/c1-3-4-8-11-9(14-12-8)5-7(10)6-13-2/h7H,3-6,10H2,1-2H3. The lowest BCUT2D eigenvalue weighted by molar-refractivity contribution is 0.176. The lowest BCUT2D eigenvalue weighted by Gasteiger charge is -2.05. The number of hydrogen-bond acceptors (Lipinski definition) is 5. The van der Waals surface area contributed by atoms with Gasteiger partial charge < -0.3 is 15.0 Å². The monoisotopic (exact) mass is 199 g/mol. The zero-order valence-corrected chi connectivity index (χ0v) is 8.69. The van der Waals surface area contributed by atoms with E-state index in [-0.39, 0.29) is 6.04 Å². The molecule has 0 saturated heterocycles. The first kappa shape index (κ1) is 11.1. The van der Waals surface area contributed by atoms with Gasteiger partial charge in [0.15, 0.2) is 5.82 Å². The highest BCUT2D eigenvalue weighted by Crippen LogP contribution is 2.02. The predicted molar refractivity (Wildman–Crippen MR) is 51.8 cm³/mol. The largest absolute Gasteiger partial charge is 0.383 e. The van der Waals surface area contributed by atoms with Crippen LogP contribution >= 0.6 is 0 Å². The molecule has 2 N–H and O–H groups in total. The van der Waals surface area contributed by atoms with Gasteiger partial charge in [-0.1, -0.05) is 12.1 Å². The number of aryl methyl sites for hydroxylation is 1. The third-order valence-electron chi connectivity index (χ3n) is 1.80. The molecule has 0 spiro atoms. The van der Waals surface area contributed by atoms with Crippen LogP contribution in [0.5, 0.6) is 0 Å². The summed E-state index contributed by atoms with van der Waals surface area (Å²) in [6, 6.07) is -0.0741. The molecule has 0 aliphatic rings. The van der Waals surface area contributed by atoms with Gasteiger partial charge in [-0.25, -0.2) is 0 Å². The van der Waals surface area contributed by atoms with Gasteiger partial charge >= 0.3 is 0 Å². The summed E-state index contributed by atoms with van der Waals surface area (Å²) in [5, 5.41) is 3.84. The van der Waals surface area contributed by atoms with Gasteiger partial charge in [0.25, 0.3) is 0 Å². The second-order valence-electron chi connectivity index (χ2n) is 3.27. The Hall–Kier alpha value is -0.940. The molecule has 1 heterocycles. The van der Waals surface area contributed by atoms with Crippen molar-refractivity contribution in [2.45, 2.75) is 32.2 Å². The van der Waals surface area contributed by atoms with Gasteiger partial charge in [-0.15, -0.1) is 0 Å². The highest BCUT2D eigenvalue weighted by Gasteiger charge is 2.10. The SMILES string of the molecule is CCCc1noc(CC(N)COC)n1. The van der Waals surface area contributed by atoms with Gasteiger partial charge in [-0.05, 0) is 6.42 Å². The van der Waals surface area contributed by atoms with Crippen LogP contribution in [0.4, 0.5) is 0 Å². The number of nitrogens with two attached hydrogens (primary N) is 1. The van der Waals surface area contributed by atoms with Crippen LogP contribution in [0.3, 0.4) is 0 Å². The molecule has 80 valence electrons. The predicted octanol–water partition coefficient (Wildman–Crippen LogP) is 0.538. The van der Waals surface area contributed by atoms with Crippen LogP contribution in [0.1, 0.15) is 25.1 Å². The van der Waals surface area contributed by atoms with Crippen molar-refractivity contribution >= 4 is 0 Å². The minimum Gasteiger partial charge on any atom is -0.383 e. The minimum atomic E-state index is -0.0741. The van der Waals surface area contributed by atoms with Gasteiger partial charge in [0.1, 0.15) is 0 Å². The molecule has 0 bridgehead atoms. The van der Waals surface area contributed by atoms with E-state index < -0.39 is 0 Å². The van der Waals surface area contributed by atoms with Crippen LogP contribution in [0.2, 0.25) is 0 Å². The van der Waals surface area contributed by atoms with Crippen LogP contribution in [0.15, 0.2) is 4.52 Å². The Morgan fingerprint density at radius 2 is 2.36 bits per heavy atom. The third-order valence-corrected chi connectivity index (χ3v) is 1.80. The number of methoxy groups -OCH3 is 1. The van der Waals surface area contributed by atoms with E-state index in [9.17, 15) is 0 Å². The van der Waals surface area contributed by atoms with Gasteiger partial charge in [0, 0.05) is 26.0 Å². The maximum absolute atomic E-state index is 5.75. The number of ether oxygens (including phenoxy) is 1. The highest BCUT2D eigenvalue weighted by molar-refractivity contribution is 4.88. The average molecular weight is 199 g/mol. The molecule has 1 rings (SSSR count). The van der Waals surface area contributed by atoms with Crippen molar-refractivity contribution in [2.24, 2.45) is 5.73 Å². The Bertz CT molecular complexity index is 262. The fraction of sp³-hybridized carbons (Fsp3) is 0.778. The first-order valence-electron chi connectivity index (χ1n) is 4.82. The van der Waals surface area contributed by atoms with Crippen molar-refractivity contribution in [3.63, 3.8) is 0 Å². The van der Waals surface area contributed by atoms with E-state index in [4.69, 9.17) is 15.0 Å². The van der Waals surface area contributed by atoms with Crippen molar-refractivity contribution in [2.75, 3.05) is 13.7 Å². The molecule has 14 heavy (non-hydrogen) atoms. The van der Waals surface area contributed by atoms with Crippen LogP contribution in [-0.2, 0) is 17.6 Å². The molecule has 0 fully saturated rings. The summed E-state index contributed by atoms with van der Waals surface area (Å²) in [5.74, 6) is 1.35. The Morgan fingerprint density at radius 1 is 1.57 bits per heavy atom. The van der Waals surface area contributed by atoms with E-state index >= 15 is 0 Å². The topological polar surface area (TPSA) is 74.2 Å². The summed E-state index contributed by atoms with van der Waals surface area (Å²) < 4.78 is 9.95. The van der Waals surface area contributed by atoms with Gasteiger partial charge in [0.2, 0.25) is 5.89 Å². The fourth-order valence-electron chi connectivity index (χ4n) is 1.20. The smallest absolute Gasteiger partial charge is 0.228 e. The Balaban J connectivity index is 2.42. The van der Waals surface area contributed by atoms with E-state index in [1.807, 2.05) is 0 Å². The van der Waals surface area contributed by atoms with Gasteiger partial charge in [-0.2, -0.15) is 4.98 Å².